The van der Waals surface area contributed by atoms with Gasteiger partial charge in [-0.15, -0.1) is 0 Å². The smallest absolute Gasteiger partial charge is 0.246 e. The summed E-state index contributed by atoms with van der Waals surface area (Å²) in [5.74, 6) is 0.819. The lowest BCUT2D eigenvalue weighted by Gasteiger charge is -2.31. The van der Waals surface area contributed by atoms with Gasteiger partial charge in [-0.3, -0.25) is 4.79 Å². The highest BCUT2D eigenvalue weighted by atomic mass is 32.2. The minimum absolute atomic E-state index is 0.0512. The SMILES string of the molecule is O=C(/C=C/c1ccco1)N1CCC(CNS(=O)(=O)c2ccccc2)CC1. The molecule has 0 atom stereocenters. The fourth-order valence-corrected chi connectivity index (χ4v) is 4.05. The molecule has 1 aromatic carbocycles. The molecule has 0 spiro atoms. The molecule has 0 radical (unpaired) electrons. The lowest BCUT2D eigenvalue weighted by atomic mass is 9.97. The zero-order valence-corrected chi connectivity index (χ0v) is 15.2. The molecule has 1 saturated heterocycles. The van der Waals surface area contributed by atoms with Gasteiger partial charge in [0.2, 0.25) is 15.9 Å². The van der Waals surface area contributed by atoms with Crippen molar-refractivity contribution < 1.29 is 17.6 Å². The molecule has 1 aliphatic rings. The largest absolute Gasteiger partial charge is 0.465 e. The molecule has 1 amide bonds. The van der Waals surface area contributed by atoms with E-state index < -0.39 is 10.0 Å². The maximum Gasteiger partial charge on any atom is 0.246 e. The average Bonchev–Trinajstić information content (AvgIpc) is 3.19. The zero-order valence-electron chi connectivity index (χ0n) is 14.4. The summed E-state index contributed by atoms with van der Waals surface area (Å²) in [7, 11) is -3.48. The first-order valence-corrected chi connectivity index (χ1v) is 10.1. The summed E-state index contributed by atoms with van der Waals surface area (Å²) in [5, 5.41) is 0. The van der Waals surface area contributed by atoms with Crippen LogP contribution in [0, 0.1) is 5.92 Å². The van der Waals surface area contributed by atoms with Gasteiger partial charge in [0.05, 0.1) is 11.2 Å². The summed E-state index contributed by atoms with van der Waals surface area (Å²) in [6.45, 7) is 1.64. The van der Waals surface area contributed by atoms with Crippen LogP contribution in [-0.4, -0.2) is 38.9 Å². The molecule has 0 unspecified atom stereocenters. The lowest BCUT2D eigenvalue weighted by molar-refractivity contribution is -0.127. The third kappa shape index (κ3) is 4.83. The summed E-state index contributed by atoms with van der Waals surface area (Å²) in [5.41, 5.74) is 0. The molecule has 2 heterocycles. The van der Waals surface area contributed by atoms with E-state index >= 15 is 0 Å². The summed E-state index contributed by atoms with van der Waals surface area (Å²) in [4.78, 5) is 14.2. The number of nitrogens with zero attached hydrogens (tertiary/aromatic N) is 1. The zero-order chi connectivity index (χ0) is 18.4. The van der Waals surface area contributed by atoms with Crippen LogP contribution in [0.3, 0.4) is 0 Å². The molecular weight excluding hydrogens is 352 g/mol. The molecule has 0 bridgehead atoms. The maximum absolute atomic E-state index is 12.3. The van der Waals surface area contributed by atoms with Crippen LogP contribution in [0.4, 0.5) is 0 Å². The summed E-state index contributed by atoms with van der Waals surface area (Å²) >= 11 is 0. The number of likely N-dealkylation sites (tertiary alicyclic amines) is 1. The van der Waals surface area contributed by atoms with E-state index in [1.807, 2.05) is 0 Å². The molecule has 1 aliphatic heterocycles. The Balaban J connectivity index is 1.46. The Morgan fingerprint density at radius 1 is 1.15 bits per heavy atom. The van der Waals surface area contributed by atoms with Gasteiger partial charge in [-0.1, -0.05) is 18.2 Å². The van der Waals surface area contributed by atoms with Gasteiger partial charge in [-0.25, -0.2) is 13.1 Å². The van der Waals surface area contributed by atoms with E-state index in [0.29, 0.717) is 25.4 Å². The van der Waals surface area contributed by atoms with Crippen molar-refractivity contribution >= 4 is 22.0 Å². The second-order valence-corrected chi connectivity index (χ2v) is 8.05. The second kappa shape index (κ2) is 8.33. The van der Waals surface area contributed by atoms with Crippen LogP contribution in [0.1, 0.15) is 18.6 Å². The van der Waals surface area contributed by atoms with Crippen LogP contribution in [0.2, 0.25) is 0 Å². The van der Waals surface area contributed by atoms with E-state index in [4.69, 9.17) is 4.42 Å². The number of rotatable bonds is 6. The van der Waals surface area contributed by atoms with Crippen LogP contribution in [-0.2, 0) is 14.8 Å². The second-order valence-electron chi connectivity index (χ2n) is 6.28. The Morgan fingerprint density at radius 2 is 1.88 bits per heavy atom. The van der Waals surface area contributed by atoms with E-state index in [1.165, 1.54) is 6.08 Å². The van der Waals surface area contributed by atoms with Gasteiger partial charge in [0.15, 0.2) is 0 Å². The number of carbonyl (C=O) groups is 1. The highest BCUT2D eigenvalue weighted by Gasteiger charge is 2.23. The van der Waals surface area contributed by atoms with Gasteiger partial charge in [0.25, 0.3) is 0 Å². The number of carbonyl (C=O) groups excluding carboxylic acids is 1. The van der Waals surface area contributed by atoms with Crippen molar-refractivity contribution in [2.24, 2.45) is 5.92 Å². The molecule has 7 heteroatoms. The van der Waals surface area contributed by atoms with Crippen LogP contribution < -0.4 is 4.72 Å². The van der Waals surface area contributed by atoms with Crippen molar-refractivity contribution in [2.45, 2.75) is 17.7 Å². The molecule has 6 nitrogen and oxygen atoms in total. The number of hydrogen-bond donors (Lipinski definition) is 1. The van der Waals surface area contributed by atoms with E-state index in [2.05, 4.69) is 4.72 Å². The molecule has 1 aromatic heterocycles. The first kappa shape index (κ1) is 18.4. The monoisotopic (exact) mass is 374 g/mol. The topological polar surface area (TPSA) is 79.6 Å². The normalized spacial score (nSPS) is 16.2. The van der Waals surface area contributed by atoms with Gasteiger partial charge in [-0.05, 0) is 49.1 Å². The molecule has 26 heavy (non-hydrogen) atoms. The molecule has 1 fully saturated rings. The van der Waals surface area contributed by atoms with E-state index in [1.54, 1.807) is 59.7 Å². The van der Waals surface area contributed by atoms with Gasteiger partial charge >= 0.3 is 0 Å². The minimum Gasteiger partial charge on any atom is -0.465 e. The predicted molar refractivity (Wildman–Crippen MR) is 98.7 cm³/mol. The summed E-state index contributed by atoms with van der Waals surface area (Å²) < 4.78 is 32.3. The first-order chi connectivity index (χ1) is 12.5. The van der Waals surface area contributed by atoms with E-state index in [0.717, 1.165) is 12.8 Å². The molecule has 1 N–H and O–H groups in total. The Labute approximate surface area is 153 Å². The number of hydrogen-bond acceptors (Lipinski definition) is 4. The fraction of sp³-hybridized carbons (Fsp3) is 0.316. The van der Waals surface area contributed by atoms with Crippen LogP contribution >= 0.6 is 0 Å². The highest BCUT2D eigenvalue weighted by molar-refractivity contribution is 7.89. The van der Waals surface area contributed by atoms with Crippen LogP contribution in [0.5, 0.6) is 0 Å². The Hall–Kier alpha value is -2.38. The molecule has 0 saturated carbocycles. The van der Waals surface area contributed by atoms with Crippen molar-refractivity contribution in [3.05, 3.63) is 60.6 Å². The Kier molecular flexibility index (Phi) is 5.90. The third-order valence-electron chi connectivity index (χ3n) is 4.48. The molecule has 0 aliphatic carbocycles. The number of amides is 1. The standard InChI is InChI=1S/C19H22N2O4S/c22-19(9-8-17-5-4-14-25-17)21-12-10-16(11-13-21)15-20-26(23,24)18-6-2-1-3-7-18/h1-9,14,16,20H,10-13,15H2/b9-8+. The number of piperidine rings is 1. The van der Waals surface area contributed by atoms with Crippen molar-refractivity contribution in [3.63, 3.8) is 0 Å². The maximum atomic E-state index is 12.3. The van der Waals surface area contributed by atoms with Crippen molar-refractivity contribution in [1.29, 1.82) is 0 Å². The number of sulfonamides is 1. The summed E-state index contributed by atoms with van der Waals surface area (Å²) in [6.07, 6.45) is 6.28. The van der Waals surface area contributed by atoms with Crippen LogP contribution in [0.15, 0.2) is 64.1 Å². The van der Waals surface area contributed by atoms with Crippen molar-refractivity contribution in [3.8, 4) is 0 Å². The fourth-order valence-electron chi connectivity index (χ4n) is 2.91. The van der Waals surface area contributed by atoms with Gasteiger partial charge in [0, 0.05) is 25.7 Å². The molecule has 2 aromatic rings. The first-order valence-electron chi connectivity index (χ1n) is 8.60. The third-order valence-corrected chi connectivity index (χ3v) is 5.91. The Morgan fingerprint density at radius 3 is 2.54 bits per heavy atom. The van der Waals surface area contributed by atoms with Crippen LogP contribution in [0.25, 0.3) is 6.08 Å². The quantitative estimate of drug-likeness (QED) is 0.788. The number of furan rings is 1. The average molecular weight is 374 g/mol. The minimum atomic E-state index is -3.48. The Bertz CT molecular complexity index is 837. The number of benzene rings is 1. The molecular formula is C19H22N2O4S. The predicted octanol–water partition coefficient (Wildman–Crippen LogP) is 2.51. The summed E-state index contributed by atoms with van der Waals surface area (Å²) in [6, 6.07) is 11.9. The molecule has 138 valence electrons. The van der Waals surface area contributed by atoms with Gasteiger partial charge in [-0.2, -0.15) is 0 Å². The van der Waals surface area contributed by atoms with Gasteiger partial charge < -0.3 is 9.32 Å². The van der Waals surface area contributed by atoms with E-state index in [-0.39, 0.29) is 16.7 Å². The van der Waals surface area contributed by atoms with Crippen molar-refractivity contribution in [2.75, 3.05) is 19.6 Å². The molecule has 3 rings (SSSR count). The number of nitrogens with one attached hydrogen (secondary N) is 1. The van der Waals surface area contributed by atoms with Crippen molar-refractivity contribution in [1.82, 2.24) is 9.62 Å². The lowest BCUT2D eigenvalue weighted by Crippen LogP contribution is -2.40. The van der Waals surface area contributed by atoms with Gasteiger partial charge in [0.1, 0.15) is 5.76 Å². The van der Waals surface area contributed by atoms with E-state index in [9.17, 15) is 13.2 Å². The highest BCUT2D eigenvalue weighted by Crippen LogP contribution is 2.18.